The second-order valence-corrected chi connectivity index (χ2v) is 4.14. The molecule has 0 saturated heterocycles. The van der Waals surface area contributed by atoms with Crippen molar-refractivity contribution >= 4 is 5.91 Å². The third-order valence-corrected chi connectivity index (χ3v) is 2.54. The van der Waals surface area contributed by atoms with Crippen LogP contribution in [0.25, 0.3) is 0 Å². The molecule has 0 unspecified atom stereocenters. The van der Waals surface area contributed by atoms with Gasteiger partial charge in [-0.2, -0.15) is 5.26 Å². The standard InChI is InChI=1S/C13H15FN2O/c1-9(2)16(7-6-15)13(17)12-5-4-11(14)8-10(12)3/h4-5,8-9H,7H2,1-3H3. The minimum atomic E-state index is -0.365. The number of hydrogen-bond acceptors (Lipinski definition) is 2. The van der Waals surface area contributed by atoms with Crippen LogP contribution in [0, 0.1) is 24.1 Å². The van der Waals surface area contributed by atoms with Gasteiger partial charge in [-0.1, -0.05) is 0 Å². The summed E-state index contributed by atoms with van der Waals surface area (Å²) >= 11 is 0. The molecule has 1 aromatic carbocycles. The minimum absolute atomic E-state index is 0.0350. The Kier molecular flexibility index (Phi) is 4.22. The van der Waals surface area contributed by atoms with Crippen LogP contribution in [0.5, 0.6) is 0 Å². The summed E-state index contributed by atoms with van der Waals surface area (Å²) < 4.78 is 12.9. The molecule has 0 N–H and O–H groups in total. The minimum Gasteiger partial charge on any atom is -0.323 e. The van der Waals surface area contributed by atoms with E-state index in [1.807, 2.05) is 19.9 Å². The van der Waals surface area contributed by atoms with E-state index < -0.39 is 0 Å². The highest BCUT2D eigenvalue weighted by molar-refractivity contribution is 5.95. The Balaban J connectivity index is 3.06. The molecule has 90 valence electrons. The van der Waals surface area contributed by atoms with Crippen LogP contribution in [-0.4, -0.2) is 23.4 Å². The van der Waals surface area contributed by atoms with Gasteiger partial charge in [0.1, 0.15) is 12.4 Å². The number of carbonyl (C=O) groups is 1. The number of nitriles is 1. The summed E-state index contributed by atoms with van der Waals surface area (Å²) in [6.07, 6.45) is 0. The molecule has 0 bridgehead atoms. The predicted octanol–water partition coefficient (Wildman–Crippen LogP) is 2.51. The van der Waals surface area contributed by atoms with E-state index in [0.717, 1.165) is 0 Å². The molecule has 0 heterocycles. The topological polar surface area (TPSA) is 44.1 Å². The highest BCUT2D eigenvalue weighted by Gasteiger charge is 2.19. The Morgan fingerprint density at radius 2 is 2.18 bits per heavy atom. The largest absolute Gasteiger partial charge is 0.323 e. The molecule has 1 rings (SSSR count). The zero-order chi connectivity index (χ0) is 13.0. The Bertz CT molecular complexity index is 463. The van der Waals surface area contributed by atoms with Crippen molar-refractivity contribution < 1.29 is 9.18 Å². The normalized spacial score (nSPS) is 10.1. The van der Waals surface area contributed by atoms with Crippen molar-refractivity contribution in [1.29, 1.82) is 5.26 Å². The van der Waals surface area contributed by atoms with Crippen LogP contribution < -0.4 is 0 Å². The average Bonchev–Trinajstić information content (AvgIpc) is 2.24. The van der Waals surface area contributed by atoms with Gasteiger partial charge in [-0.15, -0.1) is 0 Å². The van der Waals surface area contributed by atoms with Gasteiger partial charge in [0.15, 0.2) is 0 Å². The molecule has 3 nitrogen and oxygen atoms in total. The monoisotopic (exact) mass is 234 g/mol. The maximum absolute atomic E-state index is 12.9. The molecule has 1 aromatic rings. The molecule has 0 atom stereocenters. The number of halogens is 1. The first-order chi connectivity index (χ1) is 7.97. The van der Waals surface area contributed by atoms with E-state index in [-0.39, 0.29) is 24.3 Å². The second kappa shape index (κ2) is 5.44. The smallest absolute Gasteiger partial charge is 0.255 e. The molecule has 0 aromatic heterocycles. The summed E-state index contributed by atoms with van der Waals surface area (Å²) in [7, 11) is 0. The highest BCUT2D eigenvalue weighted by Crippen LogP contribution is 2.14. The number of benzene rings is 1. The Hall–Kier alpha value is -1.89. The molecule has 1 amide bonds. The zero-order valence-corrected chi connectivity index (χ0v) is 10.2. The molecule has 0 radical (unpaired) electrons. The van der Waals surface area contributed by atoms with Gasteiger partial charge in [0.2, 0.25) is 0 Å². The van der Waals surface area contributed by atoms with Crippen molar-refractivity contribution in [3.63, 3.8) is 0 Å². The summed E-state index contributed by atoms with van der Waals surface area (Å²) in [6.45, 7) is 5.40. The fraction of sp³-hybridized carbons (Fsp3) is 0.385. The van der Waals surface area contributed by atoms with E-state index >= 15 is 0 Å². The number of nitrogens with zero attached hydrogens (tertiary/aromatic N) is 2. The molecular formula is C13H15FN2O. The van der Waals surface area contributed by atoms with Gasteiger partial charge in [-0.3, -0.25) is 4.79 Å². The lowest BCUT2D eigenvalue weighted by Gasteiger charge is -2.24. The predicted molar refractivity (Wildman–Crippen MR) is 62.9 cm³/mol. The number of hydrogen-bond donors (Lipinski definition) is 0. The van der Waals surface area contributed by atoms with Crippen molar-refractivity contribution in [3.8, 4) is 6.07 Å². The summed E-state index contributed by atoms with van der Waals surface area (Å²) in [5.74, 6) is -0.602. The van der Waals surface area contributed by atoms with Gasteiger partial charge in [0.05, 0.1) is 6.07 Å². The van der Waals surface area contributed by atoms with Gasteiger partial charge >= 0.3 is 0 Å². The SMILES string of the molecule is Cc1cc(F)ccc1C(=O)N(CC#N)C(C)C. The molecule has 0 aliphatic heterocycles. The maximum atomic E-state index is 12.9. The van der Waals surface area contributed by atoms with Gasteiger partial charge < -0.3 is 4.90 Å². The van der Waals surface area contributed by atoms with E-state index in [4.69, 9.17) is 5.26 Å². The van der Waals surface area contributed by atoms with Crippen molar-refractivity contribution in [2.75, 3.05) is 6.54 Å². The summed E-state index contributed by atoms with van der Waals surface area (Å²) in [5, 5.41) is 8.69. The van der Waals surface area contributed by atoms with Crippen LogP contribution in [0.15, 0.2) is 18.2 Å². The van der Waals surface area contributed by atoms with Crippen LogP contribution in [0.3, 0.4) is 0 Å². The summed E-state index contributed by atoms with van der Waals surface area (Å²) in [5.41, 5.74) is 1.02. The van der Waals surface area contributed by atoms with Crippen LogP contribution in [-0.2, 0) is 0 Å². The number of rotatable bonds is 3. The van der Waals surface area contributed by atoms with Gasteiger partial charge in [-0.05, 0) is 44.5 Å². The number of carbonyl (C=O) groups excluding carboxylic acids is 1. The van der Waals surface area contributed by atoms with Crippen molar-refractivity contribution in [2.45, 2.75) is 26.8 Å². The van der Waals surface area contributed by atoms with Crippen molar-refractivity contribution in [1.82, 2.24) is 4.90 Å². The molecule has 17 heavy (non-hydrogen) atoms. The average molecular weight is 234 g/mol. The van der Waals surface area contributed by atoms with Crippen LogP contribution in [0.2, 0.25) is 0 Å². The van der Waals surface area contributed by atoms with E-state index in [1.54, 1.807) is 6.92 Å². The molecule has 0 aliphatic rings. The van der Waals surface area contributed by atoms with E-state index in [0.29, 0.717) is 11.1 Å². The Morgan fingerprint density at radius 1 is 1.53 bits per heavy atom. The lowest BCUT2D eigenvalue weighted by Crippen LogP contribution is -2.37. The quantitative estimate of drug-likeness (QED) is 0.754. The summed E-state index contributed by atoms with van der Waals surface area (Å²) in [6, 6.07) is 5.93. The van der Waals surface area contributed by atoms with Crippen LogP contribution >= 0.6 is 0 Å². The van der Waals surface area contributed by atoms with Crippen molar-refractivity contribution in [3.05, 3.63) is 35.1 Å². The first kappa shape index (κ1) is 13.2. The molecule has 0 aliphatic carbocycles. The lowest BCUT2D eigenvalue weighted by atomic mass is 10.1. The van der Waals surface area contributed by atoms with Crippen LogP contribution in [0.1, 0.15) is 29.8 Å². The third-order valence-electron chi connectivity index (χ3n) is 2.54. The highest BCUT2D eigenvalue weighted by atomic mass is 19.1. The molecule has 0 saturated carbocycles. The maximum Gasteiger partial charge on any atom is 0.255 e. The molecular weight excluding hydrogens is 219 g/mol. The van der Waals surface area contributed by atoms with Gasteiger partial charge in [0, 0.05) is 11.6 Å². The van der Waals surface area contributed by atoms with Crippen molar-refractivity contribution in [2.24, 2.45) is 0 Å². The first-order valence-corrected chi connectivity index (χ1v) is 5.41. The fourth-order valence-electron chi connectivity index (χ4n) is 1.59. The van der Waals surface area contributed by atoms with E-state index in [1.165, 1.54) is 23.1 Å². The molecule has 4 heteroatoms. The lowest BCUT2D eigenvalue weighted by molar-refractivity contribution is 0.0730. The number of aryl methyl sites for hydroxylation is 1. The Morgan fingerprint density at radius 3 is 2.65 bits per heavy atom. The van der Waals surface area contributed by atoms with Crippen LogP contribution in [0.4, 0.5) is 4.39 Å². The van der Waals surface area contributed by atoms with E-state index in [9.17, 15) is 9.18 Å². The zero-order valence-electron chi connectivity index (χ0n) is 10.2. The number of amides is 1. The fourth-order valence-corrected chi connectivity index (χ4v) is 1.59. The van der Waals surface area contributed by atoms with Gasteiger partial charge in [0.25, 0.3) is 5.91 Å². The second-order valence-electron chi connectivity index (χ2n) is 4.14. The summed E-state index contributed by atoms with van der Waals surface area (Å²) in [4.78, 5) is 13.6. The Labute approximate surface area is 100 Å². The molecule has 0 spiro atoms. The molecule has 0 fully saturated rings. The third kappa shape index (κ3) is 3.04. The van der Waals surface area contributed by atoms with E-state index in [2.05, 4.69) is 0 Å². The van der Waals surface area contributed by atoms with Gasteiger partial charge in [-0.25, -0.2) is 4.39 Å². The first-order valence-electron chi connectivity index (χ1n) is 5.41.